The third-order valence-corrected chi connectivity index (χ3v) is 12.7. The predicted molar refractivity (Wildman–Crippen MR) is 163 cm³/mol. The summed E-state index contributed by atoms with van der Waals surface area (Å²) in [5, 5.41) is 16.9. The van der Waals surface area contributed by atoms with Crippen LogP contribution in [0.25, 0.3) is 0 Å². The third-order valence-electron chi connectivity index (χ3n) is 9.46. The van der Waals surface area contributed by atoms with Gasteiger partial charge in [0.25, 0.3) is 0 Å². The number of hydrogen-bond donors (Lipinski definition) is 3. The van der Waals surface area contributed by atoms with Crippen LogP contribution in [0, 0.1) is 11.8 Å². The van der Waals surface area contributed by atoms with Gasteiger partial charge in [-0.2, -0.15) is 0 Å². The minimum absolute atomic E-state index is 0.00987. The molecule has 1 aliphatic carbocycles. The molecule has 4 aliphatic rings. The average molecular weight is 641 g/mol. The number of likely N-dealkylation sites (tertiary alicyclic amines) is 1. The number of fused-ring (bicyclic) bond motifs is 1. The van der Waals surface area contributed by atoms with Crippen molar-refractivity contribution in [2.75, 3.05) is 6.61 Å². The maximum absolute atomic E-state index is 14.5. The van der Waals surface area contributed by atoms with Gasteiger partial charge >= 0.3 is 0 Å². The van der Waals surface area contributed by atoms with E-state index in [0.29, 0.717) is 19.4 Å². The lowest BCUT2D eigenvalue weighted by Crippen LogP contribution is -2.58. The number of aliphatic hydroxyl groups is 1. The molecule has 3 N–H and O–H groups in total. The fraction of sp³-hybridized carbons (Fsp3) is 0.531. The second-order valence-corrected chi connectivity index (χ2v) is 14.7. The van der Waals surface area contributed by atoms with Crippen molar-refractivity contribution in [3.05, 3.63) is 71.8 Å². The Hall–Kier alpha value is -2.36. The molecule has 218 valence electrons. The topological polar surface area (TPSA) is 98.7 Å². The lowest BCUT2D eigenvalue weighted by atomic mass is 9.70. The molecule has 3 heterocycles. The summed E-state index contributed by atoms with van der Waals surface area (Å²) in [7, 11) is 0. The SMILES string of the molecule is O=C(NC1CCCCC1)C1N([C@@H](CO)Cc2ccccc2)C(=O)[C@@H]2[C@H](C(=O)NCc3ccccc3)[C@H]3SC12CC3Br. The maximum atomic E-state index is 14.5. The van der Waals surface area contributed by atoms with E-state index in [1.165, 1.54) is 6.42 Å². The summed E-state index contributed by atoms with van der Waals surface area (Å²) >= 11 is 5.49. The van der Waals surface area contributed by atoms with Crippen LogP contribution in [0.1, 0.15) is 49.7 Å². The van der Waals surface area contributed by atoms with Gasteiger partial charge in [0, 0.05) is 22.7 Å². The van der Waals surface area contributed by atoms with Crippen LogP contribution in [0.2, 0.25) is 0 Å². The molecule has 7 nitrogen and oxygen atoms in total. The van der Waals surface area contributed by atoms with Gasteiger partial charge in [0.2, 0.25) is 17.7 Å². The first-order valence-corrected chi connectivity index (χ1v) is 16.6. The molecule has 41 heavy (non-hydrogen) atoms. The zero-order valence-corrected chi connectivity index (χ0v) is 25.5. The van der Waals surface area contributed by atoms with Crippen LogP contribution >= 0.6 is 27.7 Å². The highest BCUT2D eigenvalue weighted by Crippen LogP contribution is 2.68. The molecule has 3 amide bonds. The Morgan fingerprint density at radius 3 is 2.32 bits per heavy atom. The first-order chi connectivity index (χ1) is 19.9. The number of halogens is 1. The van der Waals surface area contributed by atoms with Crippen LogP contribution in [0.4, 0.5) is 0 Å². The number of thioether (sulfide) groups is 1. The molecule has 2 aromatic rings. The number of amides is 3. The van der Waals surface area contributed by atoms with Gasteiger partial charge in [-0.05, 0) is 36.8 Å². The molecule has 2 bridgehead atoms. The lowest BCUT2D eigenvalue weighted by molar-refractivity contribution is -0.142. The van der Waals surface area contributed by atoms with Crippen LogP contribution in [0.15, 0.2) is 60.7 Å². The number of carbonyl (C=O) groups excluding carboxylic acids is 3. The van der Waals surface area contributed by atoms with E-state index in [4.69, 9.17) is 0 Å². The molecule has 1 spiro atoms. The van der Waals surface area contributed by atoms with Gasteiger partial charge in [-0.25, -0.2) is 0 Å². The van der Waals surface area contributed by atoms with E-state index in [1.807, 2.05) is 60.7 Å². The van der Waals surface area contributed by atoms with Crippen molar-refractivity contribution in [3.63, 3.8) is 0 Å². The van der Waals surface area contributed by atoms with Crippen molar-refractivity contribution in [2.24, 2.45) is 11.8 Å². The third kappa shape index (κ3) is 5.34. The zero-order valence-electron chi connectivity index (χ0n) is 23.1. The molecular formula is C32H38BrN3O4S. The number of carbonyl (C=O) groups is 3. The van der Waals surface area contributed by atoms with Crippen LogP contribution in [0.5, 0.6) is 0 Å². The van der Waals surface area contributed by atoms with Gasteiger partial charge in [0.15, 0.2) is 0 Å². The van der Waals surface area contributed by atoms with Crippen molar-refractivity contribution in [1.82, 2.24) is 15.5 Å². The first kappa shape index (κ1) is 28.7. The van der Waals surface area contributed by atoms with Crippen molar-refractivity contribution in [3.8, 4) is 0 Å². The summed E-state index contributed by atoms with van der Waals surface area (Å²) in [5.41, 5.74) is 1.99. The maximum Gasteiger partial charge on any atom is 0.244 e. The first-order valence-electron chi connectivity index (χ1n) is 14.8. The number of aliphatic hydroxyl groups excluding tert-OH is 1. The van der Waals surface area contributed by atoms with E-state index in [0.717, 1.165) is 36.8 Å². The summed E-state index contributed by atoms with van der Waals surface area (Å²) in [6.07, 6.45) is 6.31. The molecule has 9 heteroatoms. The van der Waals surface area contributed by atoms with Gasteiger partial charge in [0.05, 0.1) is 29.2 Å². The van der Waals surface area contributed by atoms with Crippen molar-refractivity contribution in [2.45, 2.75) is 84.4 Å². The molecule has 0 aromatic heterocycles. The van der Waals surface area contributed by atoms with Gasteiger partial charge in [-0.3, -0.25) is 14.4 Å². The van der Waals surface area contributed by atoms with E-state index in [-0.39, 0.29) is 40.4 Å². The molecule has 6 rings (SSSR count). The molecule has 2 aromatic carbocycles. The predicted octanol–water partition coefficient (Wildman–Crippen LogP) is 3.82. The van der Waals surface area contributed by atoms with E-state index < -0.39 is 28.7 Å². The van der Waals surface area contributed by atoms with Crippen molar-refractivity contribution in [1.29, 1.82) is 0 Å². The van der Waals surface area contributed by atoms with E-state index in [2.05, 4.69) is 26.6 Å². The molecular weight excluding hydrogens is 602 g/mol. The number of hydrogen-bond acceptors (Lipinski definition) is 5. The Bertz CT molecular complexity index is 1260. The molecule has 4 fully saturated rings. The average Bonchev–Trinajstić information content (AvgIpc) is 3.59. The molecule has 3 aliphatic heterocycles. The molecule has 1 saturated carbocycles. The van der Waals surface area contributed by atoms with Crippen molar-refractivity contribution >= 4 is 45.4 Å². The van der Waals surface area contributed by atoms with Gasteiger partial charge in [-0.1, -0.05) is 95.9 Å². The Morgan fingerprint density at radius 2 is 1.66 bits per heavy atom. The fourth-order valence-corrected chi connectivity index (χ4v) is 11.2. The van der Waals surface area contributed by atoms with Crippen LogP contribution in [-0.4, -0.2) is 67.3 Å². The smallest absolute Gasteiger partial charge is 0.244 e. The van der Waals surface area contributed by atoms with Gasteiger partial charge in [0.1, 0.15) is 6.04 Å². The standard InChI is InChI=1S/C32H38BrN3O4S/c33-24-17-32-26(25(27(24)41-32)29(38)34-18-21-12-6-2-7-13-21)31(40)36(23(19-37)16-20-10-4-1-5-11-20)28(32)30(39)35-22-14-8-3-9-15-22/h1-2,4-7,10-13,22-28,37H,3,8-9,14-19H2,(H,34,38)(H,35,39)/t23-,24?,25+,26+,27+,28?,32?/m1/s1. The van der Waals surface area contributed by atoms with Crippen molar-refractivity contribution < 1.29 is 19.5 Å². The Balaban J connectivity index is 1.33. The highest BCUT2D eigenvalue weighted by Gasteiger charge is 2.76. The Kier molecular flexibility index (Phi) is 8.48. The second kappa shape index (κ2) is 12.1. The quantitative estimate of drug-likeness (QED) is 0.363. The number of nitrogens with one attached hydrogen (secondary N) is 2. The van der Waals surface area contributed by atoms with E-state index in [1.54, 1.807) is 16.7 Å². The normalized spacial score (nSPS) is 31.6. The number of alkyl halides is 1. The van der Waals surface area contributed by atoms with Crippen LogP contribution in [0.3, 0.4) is 0 Å². The summed E-state index contributed by atoms with van der Waals surface area (Å²) in [6, 6.07) is 18.3. The molecule has 3 unspecified atom stereocenters. The fourth-order valence-electron chi connectivity index (χ4n) is 7.63. The van der Waals surface area contributed by atoms with E-state index in [9.17, 15) is 19.5 Å². The minimum Gasteiger partial charge on any atom is -0.394 e. The van der Waals surface area contributed by atoms with Gasteiger partial charge in [-0.15, -0.1) is 11.8 Å². The lowest BCUT2D eigenvalue weighted by Gasteiger charge is -2.38. The zero-order chi connectivity index (χ0) is 28.6. The summed E-state index contributed by atoms with van der Waals surface area (Å²) in [5.74, 6) is -1.64. The largest absolute Gasteiger partial charge is 0.394 e. The van der Waals surface area contributed by atoms with E-state index >= 15 is 0 Å². The monoisotopic (exact) mass is 639 g/mol. The van der Waals surface area contributed by atoms with Crippen LogP contribution < -0.4 is 10.6 Å². The van der Waals surface area contributed by atoms with Gasteiger partial charge < -0.3 is 20.6 Å². The molecule has 3 saturated heterocycles. The number of nitrogens with zero attached hydrogens (tertiary/aromatic N) is 1. The molecule has 0 radical (unpaired) electrons. The number of rotatable bonds is 9. The second-order valence-electron chi connectivity index (χ2n) is 12.0. The minimum atomic E-state index is -0.746. The highest BCUT2D eigenvalue weighted by molar-refractivity contribution is 9.09. The Morgan fingerprint density at radius 1 is 1.00 bits per heavy atom. The number of benzene rings is 2. The summed E-state index contributed by atoms with van der Waals surface area (Å²) < 4.78 is -0.729. The highest BCUT2D eigenvalue weighted by atomic mass is 79.9. The van der Waals surface area contributed by atoms with Crippen LogP contribution in [-0.2, 0) is 27.3 Å². The summed E-state index contributed by atoms with van der Waals surface area (Å²) in [4.78, 5) is 44.2. The Labute approximate surface area is 254 Å². The molecule has 7 atom stereocenters. The summed E-state index contributed by atoms with van der Waals surface area (Å²) in [6.45, 7) is 0.129.